The van der Waals surface area contributed by atoms with Crippen LogP contribution in [0, 0.1) is 0 Å². The van der Waals surface area contributed by atoms with E-state index >= 15 is 0 Å². The predicted octanol–water partition coefficient (Wildman–Crippen LogP) is 6.58. The Labute approximate surface area is 149 Å². The lowest BCUT2D eigenvalue weighted by Crippen LogP contribution is -2.01. The van der Waals surface area contributed by atoms with Gasteiger partial charge < -0.3 is 0 Å². The van der Waals surface area contributed by atoms with E-state index in [1.54, 1.807) is 0 Å². The van der Waals surface area contributed by atoms with Gasteiger partial charge in [-0.25, -0.2) is 0 Å². The molecule has 3 aromatic carbocycles. The number of nitrogens with zero attached hydrogens (tertiary/aromatic N) is 1. The number of para-hydroxylation sites is 1. The summed E-state index contributed by atoms with van der Waals surface area (Å²) in [6.07, 6.45) is 6.65. The molecule has 122 valence electrons. The largest absolute Gasteiger partial charge is 0.256 e. The van der Waals surface area contributed by atoms with Crippen LogP contribution in [0.25, 0.3) is 10.8 Å². The fraction of sp³-hybridized carbons (Fsp3) is 0.125. The normalized spacial score (nSPS) is 17.1. The van der Waals surface area contributed by atoms with Crippen LogP contribution in [-0.2, 0) is 0 Å². The van der Waals surface area contributed by atoms with E-state index in [0.29, 0.717) is 5.92 Å². The van der Waals surface area contributed by atoms with Gasteiger partial charge in [0.1, 0.15) is 0 Å². The maximum atomic E-state index is 4.74. The SMILES string of the molecule is CC1=CC(c2ccc3ccccc3c2C=Nc2ccccc2)C(C)=C1. The summed E-state index contributed by atoms with van der Waals surface area (Å²) in [6.45, 7) is 4.38. The molecule has 1 atom stereocenters. The van der Waals surface area contributed by atoms with Crippen molar-refractivity contribution in [2.45, 2.75) is 19.8 Å². The summed E-state index contributed by atoms with van der Waals surface area (Å²) >= 11 is 0. The fourth-order valence-corrected chi connectivity index (χ4v) is 3.61. The third-order valence-corrected chi connectivity index (χ3v) is 4.81. The molecule has 4 rings (SSSR count). The van der Waals surface area contributed by atoms with Gasteiger partial charge in [0.15, 0.2) is 0 Å². The highest BCUT2D eigenvalue weighted by atomic mass is 14.7. The van der Waals surface area contributed by atoms with E-state index in [-0.39, 0.29) is 0 Å². The van der Waals surface area contributed by atoms with Crippen LogP contribution >= 0.6 is 0 Å². The number of fused-ring (bicyclic) bond motifs is 1. The van der Waals surface area contributed by atoms with Gasteiger partial charge in [-0.15, -0.1) is 0 Å². The minimum atomic E-state index is 0.335. The number of allylic oxidation sites excluding steroid dienone is 4. The van der Waals surface area contributed by atoms with Crippen LogP contribution < -0.4 is 0 Å². The summed E-state index contributed by atoms with van der Waals surface area (Å²) in [6, 6.07) is 23.1. The van der Waals surface area contributed by atoms with Crippen molar-refractivity contribution in [3.8, 4) is 0 Å². The van der Waals surface area contributed by atoms with Crippen molar-refractivity contribution in [2.75, 3.05) is 0 Å². The van der Waals surface area contributed by atoms with E-state index in [4.69, 9.17) is 4.99 Å². The topological polar surface area (TPSA) is 12.4 Å². The van der Waals surface area contributed by atoms with E-state index in [2.05, 4.69) is 62.4 Å². The average molecular weight is 323 g/mol. The van der Waals surface area contributed by atoms with Crippen LogP contribution in [0.3, 0.4) is 0 Å². The lowest BCUT2D eigenvalue weighted by atomic mass is 9.88. The van der Waals surface area contributed by atoms with Gasteiger partial charge in [-0.05, 0) is 42.3 Å². The van der Waals surface area contributed by atoms with Gasteiger partial charge in [-0.1, -0.05) is 77.9 Å². The second kappa shape index (κ2) is 6.52. The quantitative estimate of drug-likeness (QED) is 0.483. The molecule has 0 saturated heterocycles. The van der Waals surface area contributed by atoms with Crippen LogP contribution in [0.2, 0.25) is 0 Å². The Hall–Kier alpha value is -2.93. The molecule has 1 heteroatoms. The molecule has 0 aliphatic heterocycles. The van der Waals surface area contributed by atoms with Gasteiger partial charge >= 0.3 is 0 Å². The Balaban J connectivity index is 1.89. The van der Waals surface area contributed by atoms with Gasteiger partial charge in [0.2, 0.25) is 0 Å². The molecule has 0 amide bonds. The molecule has 0 radical (unpaired) electrons. The zero-order chi connectivity index (χ0) is 17.2. The van der Waals surface area contributed by atoms with E-state index in [9.17, 15) is 0 Å². The molecular weight excluding hydrogens is 302 g/mol. The van der Waals surface area contributed by atoms with E-state index in [1.165, 1.54) is 33.0 Å². The Morgan fingerprint density at radius 2 is 1.60 bits per heavy atom. The number of benzene rings is 3. The van der Waals surface area contributed by atoms with Crippen LogP contribution in [0.5, 0.6) is 0 Å². The van der Waals surface area contributed by atoms with Crippen molar-refractivity contribution in [1.29, 1.82) is 0 Å². The summed E-state index contributed by atoms with van der Waals surface area (Å²) in [7, 11) is 0. The molecule has 0 saturated carbocycles. The molecule has 1 aliphatic carbocycles. The minimum Gasteiger partial charge on any atom is -0.256 e. The Kier molecular flexibility index (Phi) is 4.07. The molecule has 0 aromatic heterocycles. The van der Waals surface area contributed by atoms with Crippen LogP contribution in [0.1, 0.15) is 30.9 Å². The summed E-state index contributed by atoms with van der Waals surface area (Å²) in [5.41, 5.74) is 6.24. The molecule has 0 spiro atoms. The molecule has 3 aromatic rings. The number of rotatable bonds is 3. The Bertz CT molecular complexity index is 1010. The molecule has 1 nitrogen and oxygen atoms in total. The predicted molar refractivity (Wildman–Crippen MR) is 108 cm³/mol. The van der Waals surface area contributed by atoms with Crippen molar-refractivity contribution >= 4 is 22.7 Å². The molecular formula is C24H21N. The zero-order valence-corrected chi connectivity index (χ0v) is 14.6. The minimum absolute atomic E-state index is 0.335. The molecule has 0 N–H and O–H groups in total. The highest BCUT2D eigenvalue weighted by Gasteiger charge is 2.19. The van der Waals surface area contributed by atoms with Crippen molar-refractivity contribution in [3.63, 3.8) is 0 Å². The first-order valence-corrected chi connectivity index (χ1v) is 8.70. The molecule has 0 fully saturated rings. The van der Waals surface area contributed by atoms with Crippen LogP contribution in [0.15, 0.2) is 95.0 Å². The average Bonchev–Trinajstić information content (AvgIpc) is 2.98. The van der Waals surface area contributed by atoms with Crippen LogP contribution in [0.4, 0.5) is 5.69 Å². The summed E-state index contributed by atoms with van der Waals surface area (Å²) in [5, 5.41) is 2.51. The monoisotopic (exact) mass is 323 g/mol. The van der Waals surface area contributed by atoms with Crippen molar-refractivity contribution in [2.24, 2.45) is 4.99 Å². The van der Waals surface area contributed by atoms with Crippen molar-refractivity contribution in [1.82, 2.24) is 0 Å². The first-order chi connectivity index (χ1) is 12.2. The third-order valence-electron chi connectivity index (χ3n) is 4.81. The maximum Gasteiger partial charge on any atom is 0.0629 e. The van der Waals surface area contributed by atoms with E-state index in [1.807, 2.05) is 36.5 Å². The number of hydrogen-bond donors (Lipinski definition) is 0. The summed E-state index contributed by atoms with van der Waals surface area (Å²) in [4.78, 5) is 4.74. The van der Waals surface area contributed by atoms with Gasteiger partial charge in [0.05, 0.1) is 5.69 Å². The molecule has 25 heavy (non-hydrogen) atoms. The lowest BCUT2D eigenvalue weighted by molar-refractivity contribution is 1.01. The first kappa shape index (κ1) is 15.6. The summed E-state index contributed by atoms with van der Waals surface area (Å²) in [5.74, 6) is 0.335. The van der Waals surface area contributed by atoms with Gasteiger partial charge in [0, 0.05) is 17.7 Å². The molecule has 0 heterocycles. The second-order valence-electron chi connectivity index (χ2n) is 6.66. The highest BCUT2D eigenvalue weighted by Crippen LogP contribution is 2.36. The molecule has 0 bridgehead atoms. The molecule has 1 aliphatic rings. The summed E-state index contributed by atoms with van der Waals surface area (Å²) < 4.78 is 0. The Morgan fingerprint density at radius 1 is 0.840 bits per heavy atom. The lowest BCUT2D eigenvalue weighted by Gasteiger charge is -2.16. The number of hydrogen-bond acceptors (Lipinski definition) is 1. The number of aliphatic imine (C=N–C) groups is 1. The fourth-order valence-electron chi connectivity index (χ4n) is 3.61. The highest BCUT2D eigenvalue weighted by molar-refractivity contribution is 6.02. The van der Waals surface area contributed by atoms with Gasteiger partial charge in [0.25, 0.3) is 0 Å². The smallest absolute Gasteiger partial charge is 0.0629 e. The zero-order valence-electron chi connectivity index (χ0n) is 14.6. The molecule has 1 unspecified atom stereocenters. The van der Waals surface area contributed by atoms with E-state index in [0.717, 1.165) is 5.69 Å². The van der Waals surface area contributed by atoms with Crippen molar-refractivity contribution in [3.05, 3.63) is 101 Å². The van der Waals surface area contributed by atoms with E-state index < -0.39 is 0 Å². The van der Waals surface area contributed by atoms with Gasteiger partial charge in [-0.3, -0.25) is 4.99 Å². The Morgan fingerprint density at radius 3 is 2.36 bits per heavy atom. The third kappa shape index (κ3) is 3.06. The maximum absolute atomic E-state index is 4.74. The van der Waals surface area contributed by atoms with Crippen molar-refractivity contribution < 1.29 is 0 Å². The standard InChI is InChI=1S/C24H21N/c1-17-14-18(2)23(15-17)22-13-12-19-8-6-7-11-21(19)24(22)16-25-20-9-4-3-5-10-20/h3-16,23H,1-2H3. The van der Waals surface area contributed by atoms with Gasteiger partial charge in [-0.2, -0.15) is 0 Å². The first-order valence-electron chi connectivity index (χ1n) is 8.70. The van der Waals surface area contributed by atoms with Crippen LogP contribution in [-0.4, -0.2) is 6.21 Å². The second-order valence-corrected chi connectivity index (χ2v) is 6.66.